The first-order chi connectivity index (χ1) is 13.8. The number of hydrogen-bond acceptors (Lipinski definition) is 4. The molecule has 1 aliphatic heterocycles. The molecule has 1 saturated heterocycles. The summed E-state index contributed by atoms with van der Waals surface area (Å²) in [5, 5.41) is 9.85. The van der Waals surface area contributed by atoms with Crippen LogP contribution in [-0.4, -0.2) is 61.6 Å². The largest absolute Gasteiger partial charge is 0.325 e. The zero-order valence-electron chi connectivity index (χ0n) is 16.9. The second kappa shape index (κ2) is 7.89. The second-order valence-corrected chi connectivity index (χ2v) is 9.91. The van der Waals surface area contributed by atoms with Gasteiger partial charge < -0.3 is 10.2 Å². The highest BCUT2D eigenvalue weighted by Gasteiger charge is 2.32. The van der Waals surface area contributed by atoms with Crippen LogP contribution < -0.4 is 10.2 Å². The zero-order valence-corrected chi connectivity index (χ0v) is 17.7. The Labute approximate surface area is 171 Å². The van der Waals surface area contributed by atoms with E-state index >= 15 is 0 Å². The highest BCUT2D eigenvalue weighted by Crippen LogP contribution is 2.26. The van der Waals surface area contributed by atoms with E-state index in [1.165, 1.54) is 5.56 Å². The molecule has 2 aliphatic rings. The maximum Gasteiger partial charge on any atom is 0.279 e. The van der Waals surface area contributed by atoms with Gasteiger partial charge in [-0.3, -0.25) is 9.89 Å². The van der Waals surface area contributed by atoms with Crippen LogP contribution in [0.15, 0.2) is 23.1 Å². The van der Waals surface area contributed by atoms with Gasteiger partial charge in [-0.1, -0.05) is 6.07 Å². The number of rotatable bonds is 5. The van der Waals surface area contributed by atoms with E-state index in [0.29, 0.717) is 37.6 Å². The average Bonchev–Trinajstić information content (AvgIpc) is 3.29. The minimum Gasteiger partial charge on any atom is -0.325 e. The van der Waals surface area contributed by atoms with E-state index in [-0.39, 0.29) is 5.91 Å². The second-order valence-electron chi connectivity index (χ2n) is 7.97. The van der Waals surface area contributed by atoms with Crippen molar-refractivity contribution in [2.45, 2.75) is 38.0 Å². The van der Waals surface area contributed by atoms with Crippen LogP contribution in [0.4, 0.5) is 5.69 Å². The van der Waals surface area contributed by atoms with Crippen molar-refractivity contribution in [2.75, 3.05) is 38.0 Å². The fraction of sp³-hybridized carbons (Fsp3) is 0.500. The number of nitrogens with zero attached hydrogens (tertiary/aromatic N) is 2. The van der Waals surface area contributed by atoms with Gasteiger partial charge in [-0.2, -0.15) is 9.40 Å². The number of piperazine rings is 1. The van der Waals surface area contributed by atoms with Gasteiger partial charge in [-0.15, -0.1) is 0 Å². The zero-order chi connectivity index (χ0) is 20.6. The number of carbonyl (C=O) groups is 1. The molecule has 0 spiro atoms. The molecular formula is C20H28N5O3S+. The van der Waals surface area contributed by atoms with Gasteiger partial charge in [-0.25, -0.2) is 8.42 Å². The summed E-state index contributed by atoms with van der Waals surface area (Å²) in [4.78, 5) is 13.9. The molecule has 0 atom stereocenters. The Morgan fingerprint density at radius 3 is 2.62 bits per heavy atom. The highest BCUT2D eigenvalue weighted by atomic mass is 32.2. The summed E-state index contributed by atoms with van der Waals surface area (Å²) >= 11 is 0. The fourth-order valence-electron chi connectivity index (χ4n) is 4.22. The Bertz CT molecular complexity index is 1000. The Balaban J connectivity index is 1.35. The quantitative estimate of drug-likeness (QED) is 0.639. The van der Waals surface area contributed by atoms with Crippen LogP contribution in [0.2, 0.25) is 0 Å². The van der Waals surface area contributed by atoms with Gasteiger partial charge in [0.2, 0.25) is 10.0 Å². The number of hydrogen-bond donors (Lipinski definition) is 3. The molecular weight excluding hydrogens is 390 g/mol. The predicted molar refractivity (Wildman–Crippen MR) is 109 cm³/mol. The lowest BCUT2D eigenvalue weighted by atomic mass is 10.1. The highest BCUT2D eigenvalue weighted by molar-refractivity contribution is 7.89. The summed E-state index contributed by atoms with van der Waals surface area (Å²) in [6, 6.07) is 5.54. The van der Waals surface area contributed by atoms with Crippen molar-refractivity contribution in [2.24, 2.45) is 0 Å². The number of fused-ring (bicyclic) bond motifs is 1. The topological polar surface area (TPSA) is 99.6 Å². The molecule has 0 saturated carbocycles. The molecule has 3 N–H and O–H groups in total. The summed E-state index contributed by atoms with van der Waals surface area (Å²) in [6.07, 6.45) is 3.10. The third-order valence-electron chi connectivity index (χ3n) is 5.94. The van der Waals surface area contributed by atoms with Crippen LogP contribution in [0.5, 0.6) is 0 Å². The van der Waals surface area contributed by atoms with Gasteiger partial charge >= 0.3 is 0 Å². The number of aromatic nitrogens is 2. The summed E-state index contributed by atoms with van der Waals surface area (Å²) in [6.45, 7) is 6.09. The van der Waals surface area contributed by atoms with Gasteiger partial charge in [0.1, 0.15) is 0 Å². The van der Waals surface area contributed by atoms with E-state index in [4.69, 9.17) is 0 Å². The van der Waals surface area contributed by atoms with E-state index in [2.05, 4.69) is 15.5 Å². The van der Waals surface area contributed by atoms with E-state index in [0.717, 1.165) is 46.8 Å². The molecule has 0 bridgehead atoms. The molecule has 2 heterocycles. The first-order valence-corrected chi connectivity index (χ1v) is 11.6. The summed E-state index contributed by atoms with van der Waals surface area (Å²) in [5.74, 6) is -0.0810. The molecule has 1 amide bonds. The molecule has 9 heteroatoms. The van der Waals surface area contributed by atoms with Crippen LogP contribution in [0, 0.1) is 13.8 Å². The molecule has 1 fully saturated rings. The Hall–Kier alpha value is -2.23. The first kappa shape index (κ1) is 20.1. The van der Waals surface area contributed by atoms with Crippen LogP contribution in [0.25, 0.3) is 0 Å². The molecule has 0 unspecified atom stereocenters. The van der Waals surface area contributed by atoms with Crippen molar-refractivity contribution < 1.29 is 18.1 Å². The Morgan fingerprint density at radius 2 is 1.93 bits per heavy atom. The number of aromatic amines is 1. The average molecular weight is 419 g/mol. The predicted octanol–water partition coefficient (Wildman–Crippen LogP) is 0.0431. The van der Waals surface area contributed by atoms with Crippen molar-refractivity contribution in [1.29, 1.82) is 0 Å². The van der Waals surface area contributed by atoms with Crippen LogP contribution in [0.1, 0.15) is 28.9 Å². The molecule has 1 aromatic heterocycles. The lowest BCUT2D eigenvalue weighted by Crippen LogP contribution is -3.15. The van der Waals surface area contributed by atoms with Gasteiger partial charge in [0.15, 0.2) is 6.54 Å². The molecule has 29 heavy (non-hydrogen) atoms. The standard InChI is InChI=1S/C20H27N5O3S/c1-14-20(15(2)23-22-14)21-19(26)13-24-8-10-25(11-9-24)29(27,28)18-7-6-16-4-3-5-17(16)12-18/h6-7,12H,3-5,8-11,13H2,1-2H3,(H,21,26)(H,22,23)/p+1. The molecule has 8 nitrogen and oxygen atoms in total. The van der Waals surface area contributed by atoms with Crippen molar-refractivity contribution in [3.05, 3.63) is 40.7 Å². The van der Waals surface area contributed by atoms with Crippen LogP contribution in [0.3, 0.4) is 0 Å². The van der Waals surface area contributed by atoms with Crippen molar-refractivity contribution in [3.8, 4) is 0 Å². The van der Waals surface area contributed by atoms with Gasteiger partial charge in [-0.05, 0) is 56.4 Å². The molecule has 156 valence electrons. The lowest BCUT2D eigenvalue weighted by Gasteiger charge is -2.31. The molecule has 1 aliphatic carbocycles. The van der Waals surface area contributed by atoms with Gasteiger partial charge in [0, 0.05) is 0 Å². The van der Waals surface area contributed by atoms with E-state index in [1.54, 1.807) is 10.4 Å². The minimum absolute atomic E-state index is 0.0810. The number of anilines is 1. The van der Waals surface area contributed by atoms with Crippen LogP contribution >= 0.6 is 0 Å². The number of nitrogens with one attached hydrogen (secondary N) is 3. The number of quaternary nitrogens is 1. The van der Waals surface area contributed by atoms with Crippen molar-refractivity contribution in [3.63, 3.8) is 0 Å². The number of H-pyrrole nitrogens is 1. The van der Waals surface area contributed by atoms with E-state index < -0.39 is 10.0 Å². The van der Waals surface area contributed by atoms with Gasteiger partial charge in [0.25, 0.3) is 5.91 Å². The lowest BCUT2D eigenvalue weighted by molar-refractivity contribution is -0.895. The van der Waals surface area contributed by atoms with E-state index in [1.807, 2.05) is 26.0 Å². The smallest absolute Gasteiger partial charge is 0.279 e. The number of sulfonamides is 1. The first-order valence-electron chi connectivity index (χ1n) is 10.1. The molecule has 0 radical (unpaired) electrons. The maximum absolute atomic E-state index is 13.0. The Kier molecular flexibility index (Phi) is 5.46. The van der Waals surface area contributed by atoms with Crippen molar-refractivity contribution >= 4 is 21.6 Å². The van der Waals surface area contributed by atoms with E-state index in [9.17, 15) is 13.2 Å². The monoisotopic (exact) mass is 418 g/mol. The molecule has 1 aromatic carbocycles. The van der Waals surface area contributed by atoms with Crippen LogP contribution in [-0.2, 0) is 27.7 Å². The summed E-state index contributed by atoms with van der Waals surface area (Å²) in [5.41, 5.74) is 4.75. The number of carbonyl (C=O) groups excluding carboxylic acids is 1. The van der Waals surface area contributed by atoms with Gasteiger partial charge in [0.05, 0.1) is 48.1 Å². The number of amides is 1. The minimum atomic E-state index is -3.48. The molecule has 4 rings (SSSR count). The van der Waals surface area contributed by atoms with Crippen molar-refractivity contribution in [1.82, 2.24) is 14.5 Å². The fourth-order valence-corrected chi connectivity index (χ4v) is 5.72. The number of aryl methyl sites for hydroxylation is 4. The molecule has 2 aromatic rings. The SMILES string of the molecule is Cc1n[nH]c(C)c1NC(=O)C[NH+]1CCN(S(=O)(=O)c2ccc3c(c2)CCC3)CC1. The summed E-state index contributed by atoms with van der Waals surface area (Å²) in [7, 11) is -3.48. The Morgan fingerprint density at radius 1 is 1.21 bits per heavy atom. The third-order valence-corrected chi connectivity index (χ3v) is 7.83. The maximum atomic E-state index is 13.0. The number of benzene rings is 1. The third kappa shape index (κ3) is 4.08. The summed E-state index contributed by atoms with van der Waals surface area (Å²) < 4.78 is 27.6. The normalized spacial score (nSPS) is 18.0.